The molecule has 0 saturated heterocycles. The highest BCUT2D eigenvalue weighted by Gasteiger charge is 2.13. The number of carbonyl (C=O) groups excluding carboxylic acids is 1. The van der Waals surface area contributed by atoms with E-state index in [1.807, 2.05) is 25.2 Å². The van der Waals surface area contributed by atoms with Gasteiger partial charge in [0.15, 0.2) is 0 Å². The minimum Gasteiger partial charge on any atom is -0.388 e. The topological polar surface area (TPSA) is 58.1 Å². The fourth-order valence-electron chi connectivity index (χ4n) is 1.74. The fourth-order valence-corrected chi connectivity index (χ4v) is 1.74. The van der Waals surface area contributed by atoms with E-state index in [0.29, 0.717) is 12.2 Å². The molecule has 0 saturated carbocycles. The molecule has 0 unspecified atom stereocenters. The predicted octanol–water partition coefficient (Wildman–Crippen LogP) is 1.79. The maximum Gasteiger partial charge on any atom is 0.272 e. The highest BCUT2D eigenvalue weighted by Crippen LogP contribution is 2.10. The Morgan fingerprint density at radius 1 is 1.37 bits per heavy atom. The van der Waals surface area contributed by atoms with Gasteiger partial charge < -0.3 is 10.2 Å². The van der Waals surface area contributed by atoms with Gasteiger partial charge in [-0.15, -0.1) is 0 Å². The number of nitrogens with zero attached hydrogens (tertiary/aromatic N) is 3. The largest absolute Gasteiger partial charge is 0.388 e. The van der Waals surface area contributed by atoms with Crippen molar-refractivity contribution in [3.8, 4) is 0 Å². The Labute approximate surface area is 112 Å². The maximum atomic E-state index is 12.2. The molecule has 0 atom stereocenters. The molecule has 0 bridgehead atoms. The van der Waals surface area contributed by atoms with Crippen molar-refractivity contribution < 1.29 is 4.79 Å². The second-order valence-electron chi connectivity index (χ2n) is 4.20. The van der Waals surface area contributed by atoms with Gasteiger partial charge >= 0.3 is 0 Å². The third kappa shape index (κ3) is 3.28. The molecule has 2 heterocycles. The van der Waals surface area contributed by atoms with Crippen molar-refractivity contribution in [2.75, 3.05) is 19.4 Å². The third-order valence-electron chi connectivity index (χ3n) is 2.76. The Hall–Kier alpha value is -2.43. The van der Waals surface area contributed by atoms with Gasteiger partial charge in [0, 0.05) is 44.9 Å². The number of amides is 1. The molecule has 1 amide bonds. The van der Waals surface area contributed by atoms with Crippen molar-refractivity contribution >= 4 is 11.6 Å². The van der Waals surface area contributed by atoms with Crippen molar-refractivity contribution in [2.24, 2.45) is 0 Å². The number of pyridine rings is 2. The Bertz CT molecular complexity index is 556. The molecule has 0 fully saturated rings. The molecular weight excluding hydrogens is 240 g/mol. The average Bonchev–Trinajstić information content (AvgIpc) is 2.47. The normalized spacial score (nSPS) is 10.0. The lowest BCUT2D eigenvalue weighted by atomic mass is 10.2. The van der Waals surface area contributed by atoms with E-state index in [9.17, 15) is 4.79 Å². The van der Waals surface area contributed by atoms with Crippen LogP contribution in [-0.4, -0.2) is 34.9 Å². The molecule has 19 heavy (non-hydrogen) atoms. The molecule has 0 aliphatic heterocycles. The molecule has 2 aromatic heterocycles. The Kier molecular flexibility index (Phi) is 4.07. The minimum absolute atomic E-state index is 0.110. The zero-order valence-corrected chi connectivity index (χ0v) is 11.0. The molecular formula is C14H16N4O. The standard InChI is InChI=1S/C14H16N4O/c1-15-12-5-7-17-13(8-12)14(19)18(2)10-11-4-3-6-16-9-11/h3-9H,10H2,1-2H3,(H,15,17). The zero-order valence-electron chi connectivity index (χ0n) is 11.0. The van der Waals surface area contributed by atoms with Crippen LogP contribution in [0.15, 0.2) is 42.9 Å². The highest BCUT2D eigenvalue weighted by atomic mass is 16.2. The van der Waals surface area contributed by atoms with Gasteiger partial charge in [-0.05, 0) is 23.8 Å². The molecule has 1 N–H and O–H groups in total. The van der Waals surface area contributed by atoms with Gasteiger partial charge in [0.1, 0.15) is 5.69 Å². The minimum atomic E-state index is -0.110. The van der Waals surface area contributed by atoms with Crippen LogP contribution in [0.2, 0.25) is 0 Å². The quantitative estimate of drug-likeness (QED) is 0.906. The number of hydrogen-bond donors (Lipinski definition) is 1. The predicted molar refractivity (Wildman–Crippen MR) is 73.8 cm³/mol. The van der Waals surface area contributed by atoms with Crippen molar-refractivity contribution in [3.63, 3.8) is 0 Å². The molecule has 5 heteroatoms. The summed E-state index contributed by atoms with van der Waals surface area (Å²) in [4.78, 5) is 22.0. The summed E-state index contributed by atoms with van der Waals surface area (Å²) in [5.41, 5.74) is 2.29. The summed E-state index contributed by atoms with van der Waals surface area (Å²) >= 11 is 0. The van der Waals surface area contributed by atoms with Crippen molar-refractivity contribution in [3.05, 3.63) is 54.1 Å². The van der Waals surface area contributed by atoms with Crippen molar-refractivity contribution in [2.45, 2.75) is 6.54 Å². The summed E-state index contributed by atoms with van der Waals surface area (Å²) in [6.07, 6.45) is 5.08. The van der Waals surface area contributed by atoms with Gasteiger partial charge in [-0.1, -0.05) is 6.07 Å². The van der Waals surface area contributed by atoms with Gasteiger partial charge in [0.25, 0.3) is 5.91 Å². The maximum absolute atomic E-state index is 12.2. The van der Waals surface area contributed by atoms with Crippen LogP contribution in [0.25, 0.3) is 0 Å². The molecule has 2 rings (SSSR count). The molecule has 0 spiro atoms. The SMILES string of the molecule is CNc1ccnc(C(=O)N(C)Cc2cccnc2)c1. The third-order valence-corrected chi connectivity index (χ3v) is 2.76. The van der Waals surface area contributed by atoms with Crippen molar-refractivity contribution in [1.82, 2.24) is 14.9 Å². The van der Waals surface area contributed by atoms with Crippen LogP contribution in [-0.2, 0) is 6.54 Å². The van der Waals surface area contributed by atoms with Crippen molar-refractivity contribution in [1.29, 1.82) is 0 Å². The van der Waals surface area contributed by atoms with E-state index in [1.54, 1.807) is 36.6 Å². The van der Waals surface area contributed by atoms with E-state index in [-0.39, 0.29) is 5.91 Å². The van der Waals surface area contributed by atoms with E-state index in [4.69, 9.17) is 0 Å². The van der Waals surface area contributed by atoms with Crippen LogP contribution in [0.5, 0.6) is 0 Å². The van der Waals surface area contributed by atoms with Gasteiger partial charge in [0.2, 0.25) is 0 Å². The molecule has 2 aromatic rings. The second kappa shape index (κ2) is 5.95. The molecule has 0 aromatic carbocycles. The first kappa shape index (κ1) is 13.0. The van der Waals surface area contributed by atoms with E-state index in [2.05, 4.69) is 15.3 Å². The molecule has 0 radical (unpaired) electrons. The summed E-state index contributed by atoms with van der Waals surface area (Å²) in [5, 5.41) is 2.99. The smallest absolute Gasteiger partial charge is 0.272 e. The Balaban J connectivity index is 2.10. The molecule has 5 nitrogen and oxygen atoms in total. The molecule has 0 aliphatic rings. The second-order valence-corrected chi connectivity index (χ2v) is 4.20. The fraction of sp³-hybridized carbons (Fsp3) is 0.214. The van der Waals surface area contributed by atoms with Gasteiger partial charge in [-0.3, -0.25) is 14.8 Å². The summed E-state index contributed by atoms with van der Waals surface area (Å²) in [6, 6.07) is 7.35. The number of hydrogen-bond acceptors (Lipinski definition) is 4. The first-order valence-electron chi connectivity index (χ1n) is 5.99. The monoisotopic (exact) mass is 256 g/mol. The first-order valence-corrected chi connectivity index (χ1v) is 5.99. The number of anilines is 1. The number of aromatic nitrogens is 2. The zero-order chi connectivity index (χ0) is 13.7. The highest BCUT2D eigenvalue weighted by molar-refractivity contribution is 5.92. The van der Waals surface area contributed by atoms with E-state index in [1.165, 1.54) is 0 Å². The van der Waals surface area contributed by atoms with Crippen LogP contribution < -0.4 is 5.32 Å². The van der Waals surface area contributed by atoms with E-state index in [0.717, 1.165) is 11.3 Å². The molecule has 0 aliphatic carbocycles. The average molecular weight is 256 g/mol. The number of rotatable bonds is 4. The van der Waals surface area contributed by atoms with Gasteiger partial charge in [-0.2, -0.15) is 0 Å². The Morgan fingerprint density at radius 3 is 2.89 bits per heavy atom. The van der Waals surface area contributed by atoms with Crippen LogP contribution in [0.3, 0.4) is 0 Å². The lowest BCUT2D eigenvalue weighted by molar-refractivity contribution is 0.0779. The summed E-state index contributed by atoms with van der Waals surface area (Å²) < 4.78 is 0. The van der Waals surface area contributed by atoms with Gasteiger partial charge in [0.05, 0.1) is 0 Å². The lowest BCUT2D eigenvalue weighted by Crippen LogP contribution is -2.27. The Morgan fingerprint density at radius 2 is 2.21 bits per heavy atom. The van der Waals surface area contributed by atoms with Crippen LogP contribution in [0.4, 0.5) is 5.69 Å². The first-order chi connectivity index (χ1) is 9.20. The summed E-state index contributed by atoms with van der Waals surface area (Å²) in [6.45, 7) is 0.512. The van der Waals surface area contributed by atoms with Crippen LogP contribution in [0.1, 0.15) is 16.1 Å². The molecule has 98 valence electrons. The van der Waals surface area contributed by atoms with E-state index < -0.39 is 0 Å². The summed E-state index contributed by atoms with van der Waals surface area (Å²) in [5.74, 6) is -0.110. The van der Waals surface area contributed by atoms with Gasteiger partial charge in [-0.25, -0.2) is 0 Å². The lowest BCUT2D eigenvalue weighted by Gasteiger charge is -2.16. The number of nitrogens with one attached hydrogen (secondary N) is 1. The van der Waals surface area contributed by atoms with Crippen LogP contribution in [0, 0.1) is 0 Å². The number of carbonyl (C=O) groups is 1. The van der Waals surface area contributed by atoms with Crippen LogP contribution >= 0.6 is 0 Å². The van der Waals surface area contributed by atoms with E-state index >= 15 is 0 Å². The summed E-state index contributed by atoms with van der Waals surface area (Å²) in [7, 11) is 3.56.